The highest BCUT2D eigenvalue weighted by Crippen LogP contribution is 2.63. The number of rotatable bonds is 9. The van der Waals surface area contributed by atoms with E-state index >= 15 is 0 Å². The fourth-order valence-electron chi connectivity index (χ4n) is 7.41. The van der Waals surface area contributed by atoms with Crippen molar-refractivity contribution < 1.29 is 13.2 Å². The fourth-order valence-corrected chi connectivity index (χ4v) is 7.41. The van der Waals surface area contributed by atoms with Gasteiger partial charge in [0.15, 0.2) is 0 Å². The van der Waals surface area contributed by atoms with Gasteiger partial charge in [0, 0.05) is 49.5 Å². The second-order valence-corrected chi connectivity index (χ2v) is 13.0. The lowest BCUT2D eigenvalue weighted by atomic mass is 9.78. The second kappa shape index (κ2) is 11.6. The minimum atomic E-state index is -4.35. The third-order valence-corrected chi connectivity index (χ3v) is 9.95. The summed E-state index contributed by atoms with van der Waals surface area (Å²) in [6, 6.07) is 15.9. The molecule has 6 rings (SSSR count). The molecule has 8 heteroatoms. The van der Waals surface area contributed by atoms with Gasteiger partial charge in [-0.25, -0.2) is 9.97 Å². The molecule has 0 saturated heterocycles. The van der Waals surface area contributed by atoms with Gasteiger partial charge in [0.05, 0.1) is 11.1 Å². The van der Waals surface area contributed by atoms with E-state index < -0.39 is 11.7 Å². The van der Waals surface area contributed by atoms with E-state index in [1.165, 1.54) is 44.2 Å². The fraction of sp³-hybridized carbons (Fsp3) is 0.486. The highest BCUT2D eigenvalue weighted by atomic mass is 19.4. The molecule has 43 heavy (non-hydrogen) atoms. The third-order valence-electron chi connectivity index (χ3n) is 9.95. The molecule has 2 fully saturated rings. The summed E-state index contributed by atoms with van der Waals surface area (Å²) >= 11 is 0. The zero-order chi connectivity index (χ0) is 30.4. The predicted molar refractivity (Wildman–Crippen MR) is 167 cm³/mol. The molecule has 4 aromatic rings. The number of alkyl halides is 3. The molecule has 1 N–H and O–H groups in total. The summed E-state index contributed by atoms with van der Waals surface area (Å²) < 4.78 is 41.7. The largest absolute Gasteiger partial charge is 0.416 e. The first-order valence-corrected chi connectivity index (χ1v) is 15.5. The van der Waals surface area contributed by atoms with E-state index in [0.29, 0.717) is 17.0 Å². The van der Waals surface area contributed by atoms with Crippen molar-refractivity contribution in [2.45, 2.75) is 71.5 Å². The van der Waals surface area contributed by atoms with Crippen LogP contribution >= 0.6 is 0 Å². The smallest absolute Gasteiger partial charge is 0.362 e. The molecule has 0 radical (unpaired) electrons. The van der Waals surface area contributed by atoms with E-state index in [1.807, 2.05) is 44.6 Å². The van der Waals surface area contributed by atoms with Crippen LogP contribution in [0.4, 0.5) is 19.0 Å². The molecule has 2 aliphatic carbocycles. The van der Waals surface area contributed by atoms with E-state index in [9.17, 15) is 13.2 Å². The molecule has 0 amide bonds. The van der Waals surface area contributed by atoms with Gasteiger partial charge in [-0.15, -0.1) is 0 Å². The number of aryl methyl sites for hydroxylation is 2. The maximum Gasteiger partial charge on any atom is 0.416 e. The maximum atomic E-state index is 13.3. The standard InChI is InChI=1S/C35H42F3N5/c1-23-18-26(24(2)43(23)29-9-7-8-27(19-29)35(36,37)38)22-39-21-25-14-16-34(17-15-25)20-28(34)12-13-32-40-31-11-6-5-10-30(31)33(41-32)42(3)4/h5-11,18-19,25,28,39H,12-17,20-22H2,1-4H3/t25?,28-,34?/m0/s1. The van der Waals surface area contributed by atoms with E-state index in [-0.39, 0.29) is 0 Å². The minimum Gasteiger partial charge on any atom is -0.362 e. The molecule has 1 atom stereocenters. The predicted octanol–water partition coefficient (Wildman–Crippen LogP) is 8.04. The molecule has 5 nitrogen and oxygen atoms in total. The van der Waals surface area contributed by atoms with Crippen LogP contribution in [0.25, 0.3) is 16.6 Å². The molecule has 1 spiro atoms. The Balaban J connectivity index is 0.989. The Morgan fingerprint density at radius 2 is 1.77 bits per heavy atom. The summed E-state index contributed by atoms with van der Waals surface area (Å²) in [4.78, 5) is 11.9. The summed E-state index contributed by atoms with van der Waals surface area (Å²) in [6.07, 6.45) is 4.19. The van der Waals surface area contributed by atoms with Gasteiger partial charge in [-0.05, 0) is 118 Å². The molecule has 2 aliphatic rings. The van der Waals surface area contributed by atoms with Crippen molar-refractivity contribution in [2.24, 2.45) is 17.3 Å². The number of fused-ring (bicyclic) bond motifs is 1. The number of halogens is 3. The molecule has 228 valence electrons. The Bertz CT molecular complexity index is 1600. The van der Waals surface area contributed by atoms with E-state index in [2.05, 4.69) is 28.4 Å². The van der Waals surface area contributed by atoms with Crippen LogP contribution in [0.1, 0.15) is 66.9 Å². The third kappa shape index (κ3) is 6.17. The summed E-state index contributed by atoms with van der Waals surface area (Å²) in [5, 5.41) is 4.76. The first kappa shape index (κ1) is 29.7. The number of hydrogen-bond donors (Lipinski definition) is 1. The summed E-state index contributed by atoms with van der Waals surface area (Å²) in [7, 11) is 4.08. The minimum absolute atomic E-state index is 0.521. The number of nitrogens with zero attached hydrogens (tertiary/aromatic N) is 4. The van der Waals surface area contributed by atoms with Crippen molar-refractivity contribution in [3.05, 3.63) is 82.9 Å². The van der Waals surface area contributed by atoms with Gasteiger partial charge >= 0.3 is 6.18 Å². The Kier molecular flexibility index (Phi) is 8.01. The van der Waals surface area contributed by atoms with E-state index in [0.717, 1.165) is 77.4 Å². The van der Waals surface area contributed by atoms with Gasteiger partial charge in [-0.3, -0.25) is 0 Å². The zero-order valence-corrected chi connectivity index (χ0v) is 25.6. The number of nitrogens with one attached hydrogen (secondary N) is 1. The van der Waals surface area contributed by atoms with Crippen molar-refractivity contribution in [1.82, 2.24) is 19.9 Å². The average molecular weight is 590 g/mol. The quantitative estimate of drug-likeness (QED) is 0.215. The van der Waals surface area contributed by atoms with Crippen LogP contribution in [0.3, 0.4) is 0 Å². The zero-order valence-electron chi connectivity index (χ0n) is 25.6. The average Bonchev–Trinajstić information content (AvgIpc) is 3.58. The van der Waals surface area contributed by atoms with Crippen molar-refractivity contribution in [2.75, 3.05) is 25.5 Å². The molecular formula is C35H42F3N5. The van der Waals surface area contributed by atoms with Gasteiger partial charge < -0.3 is 14.8 Å². The van der Waals surface area contributed by atoms with E-state index in [4.69, 9.17) is 9.97 Å². The van der Waals surface area contributed by atoms with Crippen LogP contribution in [0, 0.1) is 31.1 Å². The molecule has 0 unspecified atom stereocenters. The summed E-state index contributed by atoms with van der Waals surface area (Å²) in [5.41, 5.74) is 4.54. The maximum absolute atomic E-state index is 13.3. The van der Waals surface area contributed by atoms with Gasteiger partial charge in [0.2, 0.25) is 0 Å². The second-order valence-electron chi connectivity index (χ2n) is 13.0. The molecule has 2 aromatic carbocycles. The van der Waals surface area contributed by atoms with Crippen LogP contribution in [0.2, 0.25) is 0 Å². The Hall–Kier alpha value is -3.39. The van der Waals surface area contributed by atoms with Gasteiger partial charge in [-0.2, -0.15) is 13.2 Å². The highest BCUT2D eigenvalue weighted by molar-refractivity contribution is 5.89. The molecule has 2 heterocycles. The number of para-hydroxylation sites is 1. The van der Waals surface area contributed by atoms with Crippen molar-refractivity contribution in [1.29, 1.82) is 0 Å². The summed E-state index contributed by atoms with van der Waals surface area (Å²) in [6.45, 7) is 5.65. The monoisotopic (exact) mass is 589 g/mol. The van der Waals surface area contributed by atoms with Crippen LogP contribution in [0.5, 0.6) is 0 Å². The van der Waals surface area contributed by atoms with Crippen LogP contribution in [-0.2, 0) is 19.1 Å². The lowest BCUT2D eigenvalue weighted by molar-refractivity contribution is -0.137. The van der Waals surface area contributed by atoms with Crippen LogP contribution in [0.15, 0.2) is 54.6 Å². The van der Waals surface area contributed by atoms with Gasteiger partial charge in [-0.1, -0.05) is 18.2 Å². The molecular weight excluding hydrogens is 547 g/mol. The first-order chi connectivity index (χ1) is 20.5. The molecule has 2 saturated carbocycles. The summed E-state index contributed by atoms with van der Waals surface area (Å²) in [5.74, 6) is 3.40. The van der Waals surface area contributed by atoms with Crippen molar-refractivity contribution in [3.8, 4) is 5.69 Å². The number of aromatic nitrogens is 3. The highest BCUT2D eigenvalue weighted by Gasteiger charge is 2.53. The number of anilines is 1. The Morgan fingerprint density at radius 1 is 1.00 bits per heavy atom. The van der Waals surface area contributed by atoms with Crippen molar-refractivity contribution >= 4 is 16.7 Å². The number of benzene rings is 2. The Morgan fingerprint density at radius 3 is 2.51 bits per heavy atom. The van der Waals surface area contributed by atoms with Crippen LogP contribution in [-0.4, -0.2) is 35.2 Å². The topological polar surface area (TPSA) is 46.0 Å². The van der Waals surface area contributed by atoms with Gasteiger partial charge in [0.25, 0.3) is 0 Å². The normalized spacial score (nSPS) is 21.9. The first-order valence-electron chi connectivity index (χ1n) is 15.5. The molecule has 2 aromatic heterocycles. The van der Waals surface area contributed by atoms with Crippen LogP contribution < -0.4 is 10.2 Å². The van der Waals surface area contributed by atoms with Crippen molar-refractivity contribution in [3.63, 3.8) is 0 Å². The van der Waals surface area contributed by atoms with Gasteiger partial charge in [0.1, 0.15) is 11.6 Å². The number of hydrogen-bond acceptors (Lipinski definition) is 4. The Labute approximate surface area is 252 Å². The van der Waals surface area contributed by atoms with E-state index in [1.54, 1.807) is 6.07 Å². The lowest BCUT2D eigenvalue weighted by Crippen LogP contribution is -2.27. The molecule has 0 bridgehead atoms. The lowest BCUT2D eigenvalue weighted by Gasteiger charge is -2.30. The SMILES string of the molecule is Cc1cc(CNCC2CCC3(CC2)C[C@@H]3CCc2nc(N(C)C)c3ccccc3n2)c(C)n1-c1cccc(C(F)(F)F)c1. The molecule has 0 aliphatic heterocycles.